The van der Waals surface area contributed by atoms with Crippen molar-refractivity contribution in [2.75, 3.05) is 18.5 Å². The van der Waals surface area contributed by atoms with Crippen LogP contribution >= 0.6 is 0 Å². The quantitative estimate of drug-likeness (QED) is 0.572. The topological polar surface area (TPSA) is 112 Å². The highest BCUT2D eigenvalue weighted by atomic mass is 16.7. The number of hydrogen-bond donors (Lipinski definition) is 2. The van der Waals surface area contributed by atoms with Gasteiger partial charge in [-0.15, -0.1) is 0 Å². The number of carbonyl (C=O) groups is 1. The fraction of sp³-hybridized carbons (Fsp3) is 0.423. The highest BCUT2D eigenvalue weighted by Crippen LogP contribution is 2.41. The molecule has 182 valence electrons. The second-order valence-corrected chi connectivity index (χ2v) is 9.85. The lowest BCUT2D eigenvalue weighted by atomic mass is 9.95. The normalized spacial score (nSPS) is 20.8. The molecule has 1 aromatic carbocycles. The molecule has 2 aromatic heterocycles. The van der Waals surface area contributed by atoms with E-state index in [2.05, 4.69) is 10.3 Å². The van der Waals surface area contributed by atoms with Crippen LogP contribution in [0.2, 0.25) is 0 Å². The monoisotopic (exact) mass is 477 g/mol. The zero-order valence-corrected chi connectivity index (χ0v) is 19.7. The van der Waals surface area contributed by atoms with Gasteiger partial charge in [0.15, 0.2) is 5.79 Å². The summed E-state index contributed by atoms with van der Waals surface area (Å²) in [5.41, 5.74) is 3.89. The lowest BCUT2D eigenvalue weighted by Crippen LogP contribution is -2.26. The first-order chi connectivity index (χ1) is 16.8. The fourth-order valence-corrected chi connectivity index (χ4v) is 5.01. The summed E-state index contributed by atoms with van der Waals surface area (Å²) in [6.45, 7) is 5.64. The van der Waals surface area contributed by atoms with Gasteiger partial charge in [0.1, 0.15) is 17.5 Å². The second-order valence-electron chi connectivity index (χ2n) is 9.85. The number of fused-ring (bicyclic) bond motifs is 5. The largest absolute Gasteiger partial charge is 0.477 e. The number of nitrogens with zero attached hydrogens (tertiary/aromatic N) is 2. The van der Waals surface area contributed by atoms with Crippen molar-refractivity contribution in [1.82, 2.24) is 9.55 Å². The molecule has 0 unspecified atom stereocenters. The molecule has 9 heteroatoms. The SMILES string of the molecule is CC1(C)OC[C@@H](CNc2cc3c(cn2)-c2ccc4c(=O)c(C(=O)O)cn(C5CC5)c4c2COC3)O1. The van der Waals surface area contributed by atoms with Crippen LogP contribution in [0.4, 0.5) is 5.82 Å². The van der Waals surface area contributed by atoms with Crippen molar-refractivity contribution >= 4 is 22.7 Å². The lowest BCUT2D eigenvalue weighted by molar-refractivity contribution is -0.136. The van der Waals surface area contributed by atoms with Crippen LogP contribution in [0.5, 0.6) is 0 Å². The highest BCUT2D eigenvalue weighted by Gasteiger charge is 2.33. The second kappa shape index (κ2) is 8.15. The molecule has 2 fully saturated rings. The number of ether oxygens (including phenoxy) is 3. The minimum absolute atomic E-state index is 0.0520. The van der Waals surface area contributed by atoms with E-state index in [4.69, 9.17) is 14.2 Å². The van der Waals surface area contributed by atoms with E-state index in [0.717, 1.165) is 46.4 Å². The van der Waals surface area contributed by atoms with Gasteiger partial charge in [0.25, 0.3) is 0 Å². The molecule has 2 N–H and O–H groups in total. The predicted molar refractivity (Wildman–Crippen MR) is 129 cm³/mol. The van der Waals surface area contributed by atoms with Gasteiger partial charge in [-0.2, -0.15) is 0 Å². The summed E-state index contributed by atoms with van der Waals surface area (Å²) >= 11 is 0. The Labute approximate surface area is 201 Å². The van der Waals surface area contributed by atoms with Gasteiger partial charge in [-0.1, -0.05) is 6.07 Å². The molecule has 4 heterocycles. The number of carboxylic acid groups (broad SMARTS) is 1. The van der Waals surface area contributed by atoms with Crippen LogP contribution < -0.4 is 10.7 Å². The summed E-state index contributed by atoms with van der Waals surface area (Å²) < 4.78 is 19.5. The van der Waals surface area contributed by atoms with E-state index in [1.165, 1.54) is 6.20 Å². The molecule has 6 rings (SSSR count). The van der Waals surface area contributed by atoms with Crippen LogP contribution in [-0.4, -0.2) is 45.7 Å². The van der Waals surface area contributed by atoms with Crippen molar-refractivity contribution in [3.63, 3.8) is 0 Å². The summed E-state index contributed by atoms with van der Waals surface area (Å²) in [5.74, 6) is -1.04. The average molecular weight is 478 g/mol. The number of carboxylic acids is 1. The third-order valence-corrected chi connectivity index (χ3v) is 6.83. The molecule has 1 aliphatic carbocycles. The van der Waals surface area contributed by atoms with E-state index < -0.39 is 17.2 Å². The Morgan fingerprint density at radius 2 is 2.09 bits per heavy atom. The van der Waals surface area contributed by atoms with E-state index in [1.807, 2.05) is 36.7 Å². The van der Waals surface area contributed by atoms with Crippen LogP contribution in [0, 0.1) is 0 Å². The van der Waals surface area contributed by atoms with Gasteiger partial charge in [0.2, 0.25) is 5.43 Å². The summed E-state index contributed by atoms with van der Waals surface area (Å²) in [6, 6.07) is 5.80. The van der Waals surface area contributed by atoms with Crippen LogP contribution in [0.3, 0.4) is 0 Å². The van der Waals surface area contributed by atoms with E-state index in [0.29, 0.717) is 31.8 Å². The van der Waals surface area contributed by atoms with Crippen molar-refractivity contribution in [2.45, 2.75) is 57.8 Å². The molecule has 0 radical (unpaired) electrons. The van der Waals surface area contributed by atoms with Gasteiger partial charge >= 0.3 is 5.97 Å². The summed E-state index contributed by atoms with van der Waals surface area (Å²) in [4.78, 5) is 29.3. The van der Waals surface area contributed by atoms with E-state index in [9.17, 15) is 14.7 Å². The van der Waals surface area contributed by atoms with Gasteiger partial charge in [-0.3, -0.25) is 4.79 Å². The Hall–Kier alpha value is -3.27. The molecule has 9 nitrogen and oxygen atoms in total. The van der Waals surface area contributed by atoms with Gasteiger partial charge in [0, 0.05) is 41.5 Å². The van der Waals surface area contributed by atoms with Gasteiger partial charge in [0.05, 0.1) is 25.3 Å². The molecule has 0 amide bonds. The smallest absolute Gasteiger partial charge is 0.341 e. The average Bonchev–Trinajstić information content (AvgIpc) is 3.62. The van der Waals surface area contributed by atoms with Gasteiger partial charge in [-0.25, -0.2) is 9.78 Å². The summed E-state index contributed by atoms with van der Waals surface area (Å²) in [6.07, 6.45) is 5.20. The lowest BCUT2D eigenvalue weighted by Gasteiger charge is -2.18. The fourth-order valence-electron chi connectivity index (χ4n) is 5.01. The molecule has 1 saturated carbocycles. The first kappa shape index (κ1) is 22.2. The summed E-state index contributed by atoms with van der Waals surface area (Å²) in [7, 11) is 0. The molecule has 1 saturated heterocycles. The molecule has 0 bridgehead atoms. The number of rotatable bonds is 5. The zero-order valence-electron chi connectivity index (χ0n) is 19.7. The van der Waals surface area contributed by atoms with Gasteiger partial charge < -0.3 is 29.2 Å². The third-order valence-electron chi connectivity index (χ3n) is 6.83. The van der Waals surface area contributed by atoms with E-state index in [1.54, 1.807) is 6.07 Å². The predicted octanol–water partition coefficient (Wildman–Crippen LogP) is 3.69. The molecular weight excluding hydrogens is 450 g/mol. The number of aromatic carboxylic acids is 1. The van der Waals surface area contributed by atoms with Crippen molar-refractivity contribution in [2.24, 2.45) is 0 Å². The van der Waals surface area contributed by atoms with Crippen molar-refractivity contribution < 1.29 is 24.1 Å². The summed E-state index contributed by atoms with van der Waals surface area (Å²) in [5, 5.41) is 13.3. The highest BCUT2D eigenvalue weighted by molar-refractivity contribution is 5.96. The molecule has 2 aliphatic heterocycles. The molecule has 1 atom stereocenters. The maximum absolute atomic E-state index is 13.0. The van der Waals surface area contributed by atoms with Crippen molar-refractivity contribution in [3.8, 4) is 11.1 Å². The molecule has 35 heavy (non-hydrogen) atoms. The Bertz CT molecular complexity index is 1410. The number of benzene rings is 1. The molecule has 3 aliphatic rings. The van der Waals surface area contributed by atoms with Crippen molar-refractivity contribution in [3.05, 3.63) is 57.5 Å². The first-order valence-corrected chi connectivity index (χ1v) is 11.9. The van der Waals surface area contributed by atoms with Crippen LogP contribution in [-0.2, 0) is 27.4 Å². The Balaban J connectivity index is 1.39. The maximum atomic E-state index is 13.0. The third kappa shape index (κ3) is 3.99. The molecular formula is C26H27N3O6. The number of anilines is 1. The van der Waals surface area contributed by atoms with Crippen molar-refractivity contribution in [1.29, 1.82) is 0 Å². The van der Waals surface area contributed by atoms with E-state index >= 15 is 0 Å². The maximum Gasteiger partial charge on any atom is 0.341 e. The number of pyridine rings is 2. The first-order valence-electron chi connectivity index (χ1n) is 11.9. The van der Waals surface area contributed by atoms with Crippen LogP contribution in [0.1, 0.15) is 54.2 Å². The van der Waals surface area contributed by atoms with Gasteiger partial charge in [-0.05, 0) is 49.9 Å². The minimum Gasteiger partial charge on any atom is -0.477 e. The van der Waals surface area contributed by atoms with Crippen LogP contribution in [0.25, 0.3) is 22.0 Å². The standard InChI is InChI=1S/C26H27N3O6/c1-26(2)34-12-16(35-26)8-27-22-7-14-11-33-13-21-17(19(14)9-28-22)5-6-18-23(21)29(15-3-4-15)10-20(24(18)30)25(31)32/h5-7,9-10,15-16H,3-4,8,11-13H2,1-2H3,(H,27,28)(H,31,32)/t16-/m1/s1. The Morgan fingerprint density at radius 1 is 1.26 bits per heavy atom. The minimum atomic E-state index is -1.20. The van der Waals surface area contributed by atoms with Crippen LogP contribution in [0.15, 0.2) is 35.4 Å². The Kier molecular flexibility index (Phi) is 5.17. The molecule has 3 aromatic rings. The van der Waals surface area contributed by atoms with E-state index in [-0.39, 0.29) is 17.7 Å². The number of nitrogens with one attached hydrogen (secondary N) is 1. The molecule has 0 spiro atoms. The Morgan fingerprint density at radius 3 is 2.80 bits per heavy atom. The number of hydrogen-bond acceptors (Lipinski definition) is 7. The zero-order chi connectivity index (χ0) is 24.3. The number of aromatic nitrogens is 2.